The normalized spacial score (nSPS) is 12.3. The predicted octanol–water partition coefficient (Wildman–Crippen LogP) is 3.67. The summed E-state index contributed by atoms with van der Waals surface area (Å²) >= 11 is 0. The summed E-state index contributed by atoms with van der Waals surface area (Å²) in [7, 11) is 0. The first-order valence-electron chi connectivity index (χ1n) is 25.8. The van der Waals surface area contributed by atoms with Crippen LogP contribution in [0.1, 0.15) is 92.5 Å². The van der Waals surface area contributed by atoms with Crippen molar-refractivity contribution in [1.82, 2.24) is 29.8 Å². The Morgan fingerprint density at radius 1 is 0.547 bits per heavy atom. The van der Waals surface area contributed by atoms with Crippen molar-refractivity contribution in [3.8, 4) is 0 Å². The lowest BCUT2D eigenvalue weighted by Crippen LogP contribution is -2.53. The summed E-state index contributed by atoms with van der Waals surface area (Å²) in [6.07, 6.45) is 6.06. The third-order valence-electron chi connectivity index (χ3n) is 13.2. The van der Waals surface area contributed by atoms with Crippen LogP contribution in [0, 0.1) is 0 Å². The molecule has 5 rings (SSSR count). The fraction of sp³-hybridized carbons (Fsp3) is 0.439. The Morgan fingerprint density at radius 3 is 1.45 bits per heavy atom. The van der Waals surface area contributed by atoms with E-state index in [-0.39, 0.29) is 82.8 Å². The number of carbonyl (C=O) groups is 8. The lowest BCUT2D eigenvalue weighted by molar-refractivity contribution is -0.148. The van der Waals surface area contributed by atoms with E-state index < -0.39 is 36.1 Å². The maximum atomic E-state index is 15.2. The first-order valence-corrected chi connectivity index (χ1v) is 25.8. The number of nitrogens with zero attached hydrogens (tertiary/aromatic N) is 5. The van der Waals surface area contributed by atoms with E-state index in [1.807, 2.05) is 124 Å². The molecule has 6 amide bonds. The number of rotatable bonds is 30. The summed E-state index contributed by atoms with van der Waals surface area (Å²) in [5.74, 6) is -3.08. The molecular weight excluding hydrogens is 953 g/mol. The number of anilines is 1. The third kappa shape index (κ3) is 21.6. The molecule has 18 nitrogen and oxygen atoms in total. The van der Waals surface area contributed by atoms with Gasteiger partial charge in [0.25, 0.3) is 0 Å². The van der Waals surface area contributed by atoms with E-state index in [1.54, 1.807) is 17.0 Å². The van der Waals surface area contributed by atoms with Crippen molar-refractivity contribution in [2.75, 3.05) is 84.3 Å². The minimum Gasteiger partial charge on any atom is -0.399 e. The molecule has 18 heteroatoms. The number of nitrogen functional groups attached to an aromatic ring is 1. The summed E-state index contributed by atoms with van der Waals surface area (Å²) in [5, 5.41) is 3.35. The number of hydrogen-bond acceptors (Lipinski definition) is 12. The second-order valence-corrected chi connectivity index (χ2v) is 18.5. The highest BCUT2D eigenvalue weighted by Gasteiger charge is 2.33. The second-order valence-electron chi connectivity index (χ2n) is 18.5. The van der Waals surface area contributed by atoms with Gasteiger partial charge >= 0.3 is 0 Å². The van der Waals surface area contributed by atoms with Gasteiger partial charge in [-0.15, -0.1) is 0 Å². The molecule has 4 aromatic rings. The molecule has 1 atom stereocenters. The first-order chi connectivity index (χ1) is 36.4. The van der Waals surface area contributed by atoms with Gasteiger partial charge in [0.15, 0.2) is 0 Å². The van der Waals surface area contributed by atoms with E-state index in [9.17, 15) is 24.0 Å². The fourth-order valence-corrected chi connectivity index (χ4v) is 9.03. The zero-order valence-corrected chi connectivity index (χ0v) is 43.8. The number of hydrogen-bond donors (Lipinski definition) is 5. The summed E-state index contributed by atoms with van der Waals surface area (Å²) in [4.78, 5) is 108. The Morgan fingerprint density at radius 2 is 0.973 bits per heavy atom. The van der Waals surface area contributed by atoms with E-state index >= 15 is 4.79 Å². The molecule has 0 aliphatic heterocycles. The van der Waals surface area contributed by atoms with Crippen molar-refractivity contribution < 1.29 is 38.4 Å². The molecule has 406 valence electrons. The highest BCUT2D eigenvalue weighted by atomic mass is 16.2. The van der Waals surface area contributed by atoms with Gasteiger partial charge < -0.3 is 62.3 Å². The van der Waals surface area contributed by atoms with Gasteiger partial charge in [0, 0.05) is 49.9 Å². The number of carbonyl (C=O) groups excluding carboxylic acids is 8. The Bertz CT molecular complexity index is 2260. The van der Waals surface area contributed by atoms with Crippen LogP contribution in [0.4, 0.5) is 5.69 Å². The molecule has 1 fully saturated rings. The van der Waals surface area contributed by atoms with Crippen LogP contribution in [-0.2, 0) is 44.8 Å². The van der Waals surface area contributed by atoms with Crippen LogP contribution in [0.3, 0.4) is 0 Å². The maximum absolute atomic E-state index is 15.2. The van der Waals surface area contributed by atoms with Crippen molar-refractivity contribution in [1.29, 1.82) is 0 Å². The molecule has 1 aliphatic carbocycles. The average molecular weight is 1030 g/mol. The van der Waals surface area contributed by atoms with E-state index in [4.69, 9.17) is 32.5 Å². The molecule has 0 radical (unpaired) electrons. The van der Waals surface area contributed by atoms with Crippen LogP contribution < -0.4 is 28.3 Å². The summed E-state index contributed by atoms with van der Waals surface area (Å²) in [6, 6.07) is 36.4. The SMILES string of the molecule is C=O.C=O.CC(NCC(=O)N(CC(=O)N(CCc1ccc(N)cc1)CC(=O)N(CC(=O)N(CCCCN)CC(=O)N(CCCCN)CC(N)=O)CC(c1ccccc1)c1ccccc1)C1CCCC1)c1ccccc1. The molecular formula is C57H80N10O8. The molecule has 0 saturated heterocycles. The van der Waals surface area contributed by atoms with Crippen molar-refractivity contribution >= 4 is 54.7 Å². The van der Waals surface area contributed by atoms with Crippen LogP contribution in [-0.4, -0.2) is 158 Å². The minimum atomic E-state index is -0.683. The highest BCUT2D eigenvalue weighted by molar-refractivity contribution is 5.92. The largest absolute Gasteiger partial charge is 0.399 e. The zero-order chi connectivity index (χ0) is 55.0. The number of unbranched alkanes of at least 4 members (excludes halogenated alkanes) is 2. The number of primary amides is 1. The molecule has 1 aliphatic rings. The van der Waals surface area contributed by atoms with Crippen LogP contribution in [0.25, 0.3) is 0 Å². The van der Waals surface area contributed by atoms with Crippen molar-refractivity contribution in [3.05, 3.63) is 138 Å². The van der Waals surface area contributed by atoms with Gasteiger partial charge in [0.05, 0.1) is 32.7 Å². The lowest BCUT2D eigenvalue weighted by Gasteiger charge is -2.34. The summed E-state index contributed by atoms with van der Waals surface area (Å²) in [5.41, 5.74) is 27.5. The van der Waals surface area contributed by atoms with Gasteiger partial charge in [-0.25, -0.2) is 0 Å². The van der Waals surface area contributed by atoms with Gasteiger partial charge in [0.2, 0.25) is 35.4 Å². The lowest BCUT2D eigenvalue weighted by atomic mass is 9.90. The predicted molar refractivity (Wildman–Crippen MR) is 292 cm³/mol. The number of nitrogens with one attached hydrogen (secondary N) is 1. The van der Waals surface area contributed by atoms with Crippen LogP contribution >= 0.6 is 0 Å². The van der Waals surface area contributed by atoms with Gasteiger partial charge in [-0.1, -0.05) is 116 Å². The van der Waals surface area contributed by atoms with Crippen LogP contribution in [0.5, 0.6) is 0 Å². The quantitative estimate of drug-likeness (QED) is 0.0370. The van der Waals surface area contributed by atoms with Gasteiger partial charge in [-0.05, 0) is 99.3 Å². The van der Waals surface area contributed by atoms with Gasteiger partial charge in [0.1, 0.15) is 20.1 Å². The standard InChI is InChI=1S/C55H76N10O6.2CH2O/c1-42(44-17-5-2-6-18-44)60-35-51(67)65(48-23-11-12-24-48)41-55(71)63(34-29-43-25-27-47(58)28-26-43)39-54(70)64(36-49(45-19-7-3-8-20-45)46-21-9-4-10-22-46)40-53(69)62(33-16-14-31-57)38-52(68)61(37-50(59)66)32-15-13-30-56;2*1-2/h2-10,17-22,25-28,42,48-49,60H,11-16,23-24,29-41,56-58H2,1H3,(H2,59,66);2*1H2. The maximum Gasteiger partial charge on any atom is 0.242 e. The average Bonchev–Trinajstić information content (AvgIpc) is 3.98. The molecule has 1 saturated carbocycles. The number of nitrogens with two attached hydrogens (primary N) is 4. The minimum absolute atomic E-state index is 0.0265. The summed E-state index contributed by atoms with van der Waals surface area (Å²) in [6.45, 7) is 5.74. The van der Waals surface area contributed by atoms with Crippen LogP contribution in [0.2, 0.25) is 0 Å². The number of benzene rings is 4. The topological polar surface area (TPSA) is 269 Å². The highest BCUT2D eigenvalue weighted by Crippen LogP contribution is 2.27. The Kier molecular flexibility index (Phi) is 29.0. The Hall–Kier alpha value is -7.28. The smallest absolute Gasteiger partial charge is 0.242 e. The third-order valence-corrected chi connectivity index (χ3v) is 13.2. The summed E-state index contributed by atoms with van der Waals surface area (Å²) < 4.78 is 0. The van der Waals surface area contributed by atoms with Crippen molar-refractivity contribution in [3.63, 3.8) is 0 Å². The van der Waals surface area contributed by atoms with E-state index in [0.29, 0.717) is 50.9 Å². The van der Waals surface area contributed by atoms with Gasteiger partial charge in [-0.3, -0.25) is 28.8 Å². The molecule has 0 aromatic heterocycles. The molecule has 1 unspecified atom stereocenters. The Balaban J connectivity index is 0.00000361. The van der Waals surface area contributed by atoms with Gasteiger partial charge in [-0.2, -0.15) is 0 Å². The van der Waals surface area contributed by atoms with Crippen molar-refractivity contribution in [2.24, 2.45) is 17.2 Å². The van der Waals surface area contributed by atoms with E-state index in [0.717, 1.165) is 47.9 Å². The second kappa shape index (κ2) is 35.0. The van der Waals surface area contributed by atoms with Crippen molar-refractivity contribution in [2.45, 2.75) is 82.7 Å². The molecule has 9 N–H and O–H groups in total. The molecule has 0 heterocycles. The zero-order valence-electron chi connectivity index (χ0n) is 43.8. The monoisotopic (exact) mass is 1030 g/mol. The molecule has 75 heavy (non-hydrogen) atoms. The molecule has 0 spiro atoms. The fourth-order valence-electron chi connectivity index (χ4n) is 9.03. The Labute approximate surface area is 443 Å². The number of amides is 6. The first kappa shape index (κ1) is 62.0. The van der Waals surface area contributed by atoms with E-state index in [1.165, 1.54) is 19.6 Å². The molecule has 0 bridgehead atoms. The molecule has 4 aromatic carbocycles. The van der Waals surface area contributed by atoms with E-state index in [2.05, 4.69) is 5.32 Å². The van der Waals surface area contributed by atoms with Crippen LogP contribution in [0.15, 0.2) is 115 Å².